The summed E-state index contributed by atoms with van der Waals surface area (Å²) < 4.78 is 0. The van der Waals surface area contributed by atoms with Crippen LogP contribution in [0.2, 0.25) is 0 Å². The molecule has 0 atom stereocenters. The minimum atomic E-state index is -0.465. The fourth-order valence-corrected chi connectivity index (χ4v) is 1.63. The summed E-state index contributed by atoms with van der Waals surface area (Å²) in [7, 11) is 3.92. The van der Waals surface area contributed by atoms with E-state index in [-0.39, 0.29) is 0 Å². The lowest BCUT2D eigenvalue weighted by Crippen LogP contribution is -2.08. The summed E-state index contributed by atoms with van der Waals surface area (Å²) in [4.78, 5) is 11.9. The van der Waals surface area contributed by atoms with E-state index in [0.29, 0.717) is 5.03 Å². The lowest BCUT2D eigenvalue weighted by molar-refractivity contribution is -0.402. The Morgan fingerprint density at radius 3 is 2.41 bits per heavy atom. The molecule has 0 saturated heterocycles. The van der Waals surface area contributed by atoms with Gasteiger partial charge in [0, 0.05) is 25.5 Å². The first-order chi connectivity index (χ1) is 8.02. The fraction of sp³-hybridized carbons (Fsp3) is 0.273. The van der Waals surface area contributed by atoms with Crippen molar-refractivity contribution in [3.05, 3.63) is 45.6 Å². The van der Waals surface area contributed by atoms with Gasteiger partial charge in [-0.15, -0.1) is 11.8 Å². The fourth-order valence-electron chi connectivity index (χ4n) is 1.22. The quantitative estimate of drug-likeness (QED) is 0.645. The number of benzene rings is 1. The van der Waals surface area contributed by atoms with Gasteiger partial charge in [0.15, 0.2) is 0 Å². The molecule has 1 aromatic rings. The lowest BCUT2D eigenvalue weighted by Gasteiger charge is -2.13. The Balaban J connectivity index is 2.77. The number of rotatable bonds is 5. The van der Waals surface area contributed by atoms with Gasteiger partial charge in [-0.05, 0) is 30.5 Å². The SMILES string of the molecule is CS/C(=C/[N+](=O)[O-])Nc1ccc(N(C)C)cc1. The number of nitrogens with zero attached hydrogens (tertiary/aromatic N) is 2. The van der Waals surface area contributed by atoms with Crippen LogP contribution in [0, 0.1) is 10.1 Å². The van der Waals surface area contributed by atoms with Gasteiger partial charge in [-0.2, -0.15) is 0 Å². The van der Waals surface area contributed by atoms with Crippen LogP contribution in [0.25, 0.3) is 0 Å². The van der Waals surface area contributed by atoms with Crippen LogP contribution in [0.4, 0.5) is 11.4 Å². The van der Waals surface area contributed by atoms with E-state index in [1.807, 2.05) is 43.3 Å². The van der Waals surface area contributed by atoms with Crippen LogP contribution in [0.5, 0.6) is 0 Å². The molecule has 1 rings (SSSR count). The summed E-state index contributed by atoms with van der Waals surface area (Å²) >= 11 is 1.30. The second-order valence-corrected chi connectivity index (χ2v) is 4.40. The highest BCUT2D eigenvalue weighted by molar-refractivity contribution is 8.02. The summed E-state index contributed by atoms with van der Waals surface area (Å²) in [5, 5.41) is 13.9. The predicted octanol–water partition coefficient (Wildman–Crippen LogP) is 2.60. The smallest absolute Gasteiger partial charge is 0.264 e. The van der Waals surface area contributed by atoms with Crippen LogP contribution in [-0.2, 0) is 0 Å². The summed E-state index contributed by atoms with van der Waals surface area (Å²) in [6, 6.07) is 7.68. The van der Waals surface area contributed by atoms with Crippen LogP contribution in [0.15, 0.2) is 35.5 Å². The molecular weight excluding hydrogens is 238 g/mol. The van der Waals surface area contributed by atoms with Crippen LogP contribution in [0.3, 0.4) is 0 Å². The third kappa shape index (κ3) is 4.36. The second-order valence-electron chi connectivity index (χ2n) is 3.55. The Labute approximate surface area is 105 Å². The van der Waals surface area contributed by atoms with Crippen LogP contribution >= 0.6 is 11.8 Å². The van der Waals surface area contributed by atoms with Crippen LogP contribution < -0.4 is 10.2 Å². The van der Waals surface area contributed by atoms with Crippen molar-refractivity contribution in [1.82, 2.24) is 0 Å². The minimum absolute atomic E-state index is 0.465. The highest BCUT2D eigenvalue weighted by atomic mass is 32.2. The molecule has 0 heterocycles. The zero-order chi connectivity index (χ0) is 12.8. The molecule has 0 aromatic heterocycles. The van der Waals surface area contributed by atoms with E-state index in [1.165, 1.54) is 11.8 Å². The molecule has 1 N–H and O–H groups in total. The van der Waals surface area contributed by atoms with E-state index >= 15 is 0 Å². The van der Waals surface area contributed by atoms with Crippen molar-refractivity contribution in [3.8, 4) is 0 Å². The highest BCUT2D eigenvalue weighted by Crippen LogP contribution is 2.20. The van der Waals surface area contributed by atoms with Crippen molar-refractivity contribution in [2.75, 3.05) is 30.6 Å². The Bertz CT molecular complexity index is 415. The number of nitrogens with one attached hydrogen (secondary N) is 1. The molecule has 6 heteroatoms. The molecule has 0 unspecified atom stereocenters. The molecule has 1 aromatic carbocycles. The van der Waals surface area contributed by atoms with E-state index in [0.717, 1.165) is 17.6 Å². The molecule has 0 spiro atoms. The Kier molecular flexibility index (Phi) is 4.84. The van der Waals surface area contributed by atoms with E-state index in [1.54, 1.807) is 6.26 Å². The van der Waals surface area contributed by atoms with Crippen molar-refractivity contribution >= 4 is 23.1 Å². The molecule has 5 nitrogen and oxygen atoms in total. The largest absolute Gasteiger partial charge is 0.378 e. The number of hydrogen-bond acceptors (Lipinski definition) is 5. The van der Waals surface area contributed by atoms with Crippen molar-refractivity contribution in [1.29, 1.82) is 0 Å². The average Bonchev–Trinajstić information content (AvgIpc) is 2.28. The number of anilines is 2. The summed E-state index contributed by atoms with van der Waals surface area (Å²) in [5.74, 6) is 0. The molecule has 0 saturated carbocycles. The monoisotopic (exact) mass is 253 g/mol. The maximum absolute atomic E-state index is 10.4. The van der Waals surface area contributed by atoms with Crippen molar-refractivity contribution < 1.29 is 4.92 Å². The molecule has 0 amide bonds. The van der Waals surface area contributed by atoms with Gasteiger partial charge in [0.2, 0.25) is 0 Å². The van der Waals surface area contributed by atoms with Gasteiger partial charge in [-0.1, -0.05) is 0 Å². The molecule has 92 valence electrons. The van der Waals surface area contributed by atoms with E-state index < -0.39 is 4.92 Å². The molecule has 17 heavy (non-hydrogen) atoms. The van der Waals surface area contributed by atoms with E-state index in [9.17, 15) is 10.1 Å². The average molecular weight is 253 g/mol. The molecule has 0 radical (unpaired) electrons. The van der Waals surface area contributed by atoms with Gasteiger partial charge in [0.25, 0.3) is 6.20 Å². The Morgan fingerprint density at radius 2 is 2.00 bits per heavy atom. The molecule has 0 aliphatic rings. The normalized spacial score (nSPS) is 11.1. The summed E-state index contributed by atoms with van der Waals surface area (Å²) in [5.41, 5.74) is 1.91. The van der Waals surface area contributed by atoms with Gasteiger partial charge in [0.05, 0.1) is 4.92 Å². The number of thioether (sulfide) groups is 1. The second kappa shape index (κ2) is 6.15. The van der Waals surface area contributed by atoms with Crippen LogP contribution in [0.1, 0.15) is 0 Å². The standard InChI is InChI=1S/C11H15N3O2S/c1-13(2)10-6-4-9(5-7-10)12-11(17-3)8-14(15)16/h4-8,12H,1-3H3/b11-8+. The lowest BCUT2D eigenvalue weighted by atomic mass is 10.2. The van der Waals surface area contributed by atoms with E-state index in [4.69, 9.17) is 0 Å². The molecular formula is C11H15N3O2S. The third-order valence-corrected chi connectivity index (χ3v) is 2.74. The number of hydrogen-bond donors (Lipinski definition) is 1. The number of nitro groups is 1. The summed E-state index contributed by atoms with van der Waals surface area (Å²) in [6.45, 7) is 0. The predicted molar refractivity (Wildman–Crippen MR) is 73.0 cm³/mol. The van der Waals surface area contributed by atoms with Crippen molar-refractivity contribution in [2.45, 2.75) is 0 Å². The third-order valence-electron chi connectivity index (χ3n) is 2.09. The van der Waals surface area contributed by atoms with Gasteiger partial charge in [-0.25, -0.2) is 0 Å². The van der Waals surface area contributed by atoms with Gasteiger partial charge in [0.1, 0.15) is 5.03 Å². The first kappa shape index (κ1) is 13.4. The summed E-state index contributed by atoms with van der Waals surface area (Å²) in [6.07, 6.45) is 2.75. The Morgan fingerprint density at radius 1 is 1.41 bits per heavy atom. The first-order valence-electron chi connectivity index (χ1n) is 4.96. The maximum atomic E-state index is 10.4. The molecule has 0 aliphatic heterocycles. The zero-order valence-electron chi connectivity index (χ0n) is 10.0. The van der Waals surface area contributed by atoms with Gasteiger partial charge >= 0.3 is 0 Å². The van der Waals surface area contributed by atoms with Crippen LogP contribution in [-0.4, -0.2) is 25.3 Å². The zero-order valence-corrected chi connectivity index (χ0v) is 10.8. The van der Waals surface area contributed by atoms with E-state index in [2.05, 4.69) is 5.32 Å². The van der Waals surface area contributed by atoms with Crippen molar-refractivity contribution in [3.63, 3.8) is 0 Å². The topological polar surface area (TPSA) is 58.4 Å². The minimum Gasteiger partial charge on any atom is -0.378 e. The Hall–Kier alpha value is -1.69. The highest BCUT2D eigenvalue weighted by Gasteiger charge is 2.02. The molecule has 0 aliphatic carbocycles. The van der Waals surface area contributed by atoms with Gasteiger partial charge < -0.3 is 10.2 Å². The van der Waals surface area contributed by atoms with Gasteiger partial charge in [-0.3, -0.25) is 10.1 Å². The maximum Gasteiger partial charge on any atom is 0.264 e. The van der Waals surface area contributed by atoms with Crippen molar-refractivity contribution in [2.24, 2.45) is 0 Å². The first-order valence-corrected chi connectivity index (χ1v) is 6.19. The molecule has 0 fully saturated rings. The molecule has 0 bridgehead atoms.